The maximum Gasteiger partial charge on any atom is 0.0582 e. The van der Waals surface area contributed by atoms with Crippen LogP contribution in [-0.2, 0) is 0 Å². The summed E-state index contributed by atoms with van der Waals surface area (Å²) < 4.78 is 0. The van der Waals surface area contributed by atoms with Gasteiger partial charge in [-0.25, -0.2) is 0 Å². The summed E-state index contributed by atoms with van der Waals surface area (Å²) in [5, 5.41) is 21.2. The molecule has 3 heteroatoms. The van der Waals surface area contributed by atoms with E-state index < -0.39 is 0 Å². The van der Waals surface area contributed by atoms with E-state index >= 15 is 0 Å². The maximum atomic E-state index is 11.1. The molecule has 22 heavy (non-hydrogen) atoms. The minimum atomic E-state index is -0.196. The highest BCUT2D eigenvalue weighted by molar-refractivity contribution is 5.12. The molecule has 4 saturated carbocycles. The molecule has 4 aliphatic rings. The van der Waals surface area contributed by atoms with Gasteiger partial charge in [-0.3, -0.25) is 0 Å². The third kappa shape index (κ3) is 1.91. The monoisotopic (exact) mass is 307 g/mol. The van der Waals surface area contributed by atoms with E-state index in [1.807, 2.05) is 0 Å². The topological polar surface area (TPSA) is 66.5 Å². The van der Waals surface area contributed by atoms with Crippen molar-refractivity contribution in [2.24, 2.45) is 40.2 Å². The Hall–Kier alpha value is -0.120. The minimum absolute atomic E-state index is 0.111. The Bertz CT molecular complexity index is 455. The molecule has 0 heterocycles. The Balaban J connectivity index is 1.68. The van der Waals surface area contributed by atoms with Crippen molar-refractivity contribution in [3.8, 4) is 0 Å². The third-order valence-electron chi connectivity index (χ3n) is 8.64. The molecular weight excluding hydrogens is 274 g/mol. The molecule has 0 amide bonds. The molecule has 0 aromatic heterocycles. The van der Waals surface area contributed by atoms with Crippen LogP contribution in [0.2, 0.25) is 0 Å². The van der Waals surface area contributed by atoms with Crippen molar-refractivity contribution < 1.29 is 10.2 Å². The number of hydrogen-bond donors (Lipinski definition) is 3. The molecule has 126 valence electrons. The number of fused-ring (bicyclic) bond motifs is 5. The summed E-state index contributed by atoms with van der Waals surface area (Å²) in [6, 6.07) is 0.270. The highest BCUT2D eigenvalue weighted by Crippen LogP contribution is 2.65. The Morgan fingerprint density at radius 2 is 1.73 bits per heavy atom. The highest BCUT2D eigenvalue weighted by Gasteiger charge is 2.62. The second kappa shape index (κ2) is 4.94. The van der Waals surface area contributed by atoms with Crippen LogP contribution in [0.3, 0.4) is 0 Å². The molecule has 0 aromatic carbocycles. The molecule has 4 fully saturated rings. The predicted molar refractivity (Wildman–Crippen MR) is 87.1 cm³/mol. The van der Waals surface area contributed by atoms with Gasteiger partial charge < -0.3 is 15.9 Å². The van der Waals surface area contributed by atoms with Gasteiger partial charge in [-0.1, -0.05) is 13.8 Å². The molecule has 0 bridgehead atoms. The molecule has 0 spiro atoms. The van der Waals surface area contributed by atoms with Gasteiger partial charge in [-0.2, -0.15) is 0 Å². The SMILES string of the molecule is CC12CC(O)C3C(CCC4CC(O)CCC43C)C1CCC2N. The lowest BCUT2D eigenvalue weighted by atomic mass is 9.44. The van der Waals surface area contributed by atoms with Gasteiger partial charge in [0.2, 0.25) is 0 Å². The summed E-state index contributed by atoms with van der Waals surface area (Å²) in [5.74, 6) is 2.40. The Morgan fingerprint density at radius 3 is 2.50 bits per heavy atom. The quantitative estimate of drug-likeness (QED) is 0.644. The summed E-state index contributed by atoms with van der Waals surface area (Å²) in [6.45, 7) is 4.76. The zero-order valence-corrected chi connectivity index (χ0v) is 14.2. The van der Waals surface area contributed by atoms with Crippen molar-refractivity contribution in [2.45, 2.75) is 83.5 Å². The normalized spacial score (nSPS) is 61.2. The van der Waals surface area contributed by atoms with Crippen molar-refractivity contribution in [3.05, 3.63) is 0 Å². The Morgan fingerprint density at radius 1 is 0.955 bits per heavy atom. The van der Waals surface area contributed by atoms with Crippen molar-refractivity contribution >= 4 is 0 Å². The standard InChI is InChI=1S/C19H33NO2/c1-18-8-7-12(21)9-11(18)3-4-13-14-5-6-16(20)19(14,2)10-15(22)17(13)18/h11-17,21-22H,3-10,20H2,1-2H3. The Labute approximate surface area is 134 Å². The fraction of sp³-hybridized carbons (Fsp3) is 1.00. The number of aliphatic hydroxyl groups excluding tert-OH is 2. The second-order valence-corrected chi connectivity index (χ2v) is 9.47. The molecule has 9 atom stereocenters. The van der Waals surface area contributed by atoms with Gasteiger partial charge in [0.05, 0.1) is 12.2 Å². The zero-order valence-electron chi connectivity index (χ0n) is 14.2. The van der Waals surface area contributed by atoms with Crippen LogP contribution >= 0.6 is 0 Å². The summed E-state index contributed by atoms with van der Waals surface area (Å²) in [4.78, 5) is 0. The van der Waals surface area contributed by atoms with Crippen molar-refractivity contribution in [1.29, 1.82) is 0 Å². The largest absolute Gasteiger partial charge is 0.393 e. The van der Waals surface area contributed by atoms with Crippen LogP contribution < -0.4 is 5.73 Å². The average Bonchev–Trinajstić information content (AvgIpc) is 2.75. The van der Waals surface area contributed by atoms with Gasteiger partial charge in [0.1, 0.15) is 0 Å². The molecule has 0 radical (unpaired) electrons. The number of aliphatic hydroxyl groups is 2. The van der Waals surface area contributed by atoms with E-state index in [2.05, 4.69) is 13.8 Å². The van der Waals surface area contributed by atoms with E-state index in [0.717, 1.165) is 32.1 Å². The van der Waals surface area contributed by atoms with Crippen LogP contribution in [0.25, 0.3) is 0 Å². The second-order valence-electron chi connectivity index (χ2n) is 9.47. The number of hydrogen-bond acceptors (Lipinski definition) is 3. The molecule has 9 unspecified atom stereocenters. The lowest BCUT2D eigenvalue weighted by Gasteiger charge is -2.62. The van der Waals surface area contributed by atoms with Gasteiger partial charge in [0, 0.05) is 6.04 Å². The first-order valence-electron chi connectivity index (χ1n) is 9.48. The summed E-state index contributed by atoms with van der Waals surface area (Å²) in [6.07, 6.45) is 8.42. The van der Waals surface area contributed by atoms with Crippen LogP contribution in [0.1, 0.15) is 65.2 Å². The average molecular weight is 307 g/mol. The molecule has 4 rings (SSSR count). The van der Waals surface area contributed by atoms with E-state index in [4.69, 9.17) is 5.73 Å². The summed E-state index contributed by atoms with van der Waals surface area (Å²) in [5.41, 5.74) is 6.83. The van der Waals surface area contributed by atoms with E-state index in [1.54, 1.807) is 0 Å². The zero-order chi connectivity index (χ0) is 15.7. The summed E-state index contributed by atoms with van der Waals surface area (Å²) in [7, 11) is 0. The summed E-state index contributed by atoms with van der Waals surface area (Å²) >= 11 is 0. The third-order valence-corrected chi connectivity index (χ3v) is 8.64. The number of rotatable bonds is 0. The van der Waals surface area contributed by atoms with Crippen LogP contribution in [-0.4, -0.2) is 28.5 Å². The van der Waals surface area contributed by atoms with Crippen LogP contribution in [0.15, 0.2) is 0 Å². The van der Waals surface area contributed by atoms with E-state index in [0.29, 0.717) is 23.7 Å². The minimum Gasteiger partial charge on any atom is -0.393 e. The molecule has 0 saturated heterocycles. The Kier molecular flexibility index (Phi) is 3.46. The first kappa shape index (κ1) is 15.4. The molecule has 0 aromatic rings. The first-order chi connectivity index (χ1) is 10.4. The van der Waals surface area contributed by atoms with E-state index in [9.17, 15) is 10.2 Å². The van der Waals surface area contributed by atoms with Gasteiger partial charge in [0.25, 0.3) is 0 Å². The van der Waals surface area contributed by atoms with Gasteiger partial charge >= 0.3 is 0 Å². The van der Waals surface area contributed by atoms with Crippen LogP contribution in [0.4, 0.5) is 0 Å². The van der Waals surface area contributed by atoms with E-state index in [1.165, 1.54) is 19.3 Å². The van der Waals surface area contributed by atoms with Crippen molar-refractivity contribution in [3.63, 3.8) is 0 Å². The molecule has 3 nitrogen and oxygen atoms in total. The fourth-order valence-corrected chi connectivity index (χ4v) is 7.40. The molecule has 0 aliphatic heterocycles. The molecular formula is C19H33NO2. The van der Waals surface area contributed by atoms with Gasteiger partial charge in [-0.15, -0.1) is 0 Å². The van der Waals surface area contributed by atoms with Gasteiger partial charge in [-0.05, 0) is 85.9 Å². The van der Waals surface area contributed by atoms with Crippen LogP contribution in [0.5, 0.6) is 0 Å². The predicted octanol–water partition coefficient (Wildman–Crippen LogP) is 2.69. The maximum absolute atomic E-state index is 11.1. The smallest absolute Gasteiger partial charge is 0.0582 e. The van der Waals surface area contributed by atoms with Crippen molar-refractivity contribution in [1.82, 2.24) is 0 Å². The lowest BCUT2D eigenvalue weighted by Crippen LogP contribution is -2.60. The van der Waals surface area contributed by atoms with Crippen LogP contribution in [0, 0.1) is 34.5 Å². The van der Waals surface area contributed by atoms with Gasteiger partial charge in [0.15, 0.2) is 0 Å². The van der Waals surface area contributed by atoms with E-state index in [-0.39, 0.29) is 29.1 Å². The highest BCUT2D eigenvalue weighted by atomic mass is 16.3. The number of nitrogens with two attached hydrogens (primary N) is 1. The fourth-order valence-electron chi connectivity index (χ4n) is 7.40. The van der Waals surface area contributed by atoms with Crippen molar-refractivity contribution in [2.75, 3.05) is 0 Å². The molecule has 4 aliphatic carbocycles. The lowest BCUT2D eigenvalue weighted by molar-refractivity contribution is -0.173. The molecule has 4 N–H and O–H groups in total. The first-order valence-corrected chi connectivity index (χ1v) is 9.48.